The van der Waals surface area contributed by atoms with Crippen LogP contribution in [0.15, 0.2) is 48.7 Å². The predicted octanol–water partition coefficient (Wildman–Crippen LogP) is 2.51. The van der Waals surface area contributed by atoms with Crippen LogP contribution in [0.3, 0.4) is 0 Å². The molecule has 0 saturated heterocycles. The SMILES string of the molecule is COc1ccc(-n2c(C)cc(C(=O)NNC(=O)c3ccc[nH]3)c2C)cc1. The molecular formula is C19H20N4O3. The summed E-state index contributed by atoms with van der Waals surface area (Å²) in [6.45, 7) is 3.78. The third-order valence-electron chi connectivity index (χ3n) is 4.14. The summed E-state index contributed by atoms with van der Waals surface area (Å²) in [4.78, 5) is 27.2. The fraction of sp³-hybridized carbons (Fsp3) is 0.158. The second-order valence-electron chi connectivity index (χ2n) is 5.81. The fourth-order valence-corrected chi connectivity index (χ4v) is 2.84. The first-order valence-corrected chi connectivity index (χ1v) is 8.08. The van der Waals surface area contributed by atoms with E-state index in [1.165, 1.54) is 0 Å². The third-order valence-corrected chi connectivity index (χ3v) is 4.14. The molecule has 1 aromatic carbocycles. The Hall–Kier alpha value is -3.48. The van der Waals surface area contributed by atoms with Gasteiger partial charge in [-0.05, 0) is 56.3 Å². The molecule has 2 heterocycles. The molecule has 2 aromatic heterocycles. The second kappa shape index (κ2) is 7.18. The number of carbonyl (C=O) groups excluding carboxylic acids is 2. The number of hydrogen-bond acceptors (Lipinski definition) is 3. The Morgan fingerprint density at radius 2 is 1.73 bits per heavy atom. The number of hydrogen-bond donors (Lipinski definition) is 3. The van der Waals surface area contributed by atoms with Crippen molar-refractivity contribution in [2.24, 2.45) is 0 Å². The lowest BCUT2D eigenvalue weighted by atomic mass is 10.2. The van der Waals surface area contributed by atoms with Crippen LogP contribution in [0.2, 0.25) is 0 Å². The van der Waals surface area contributed by atoms with E-state index in [9.17, 15) is 9.59 Å². The average molecular weight is 352 g/mol. The summed E-state index contributed by atoms with van der Waals surface area (Å²) in [5.74, 6) is -0.0220. The lowest BCUT2D eigenvalue weighted by molar-refractivity contribution is 0.0844. The first kappa shape index (κ1) is 17.3. The van der Waals surface area contributed by atoms with Crippen molar-refractivity contribution in [1.82, 2.24) is 20.4 Å². The van der Waals surface area contributed by atoms with Crippen molar-refractivity contribution in [3.63, 3.8) is 0 Å². The van der Waals surface area contributed by atoms with E-state index in [-0.39, 0.29) is 5.91 Å². The molecule has 3 aromatic rings. The maximum Gasteiger partial charge on any atom is 0.286 e. The van der Waals surface area contributed by atoms with E-state index in [1.807, 2.05) is 42.7 Å². The summed E-state index contributed by atoms with van der Waals surface area (Å²) in [7, 11) is 1.62. The zero-order valence-corrected chi connectivity index (χ0v) is 14.8. The van der Waals surface area contributed by atoms with Crippen LogP contribution in [0.4, 0.5) is 0 Å². The number of aryl methyl sites for hydroxylation is 1. The number of nitrogens with one attached hydrogen (secondary N) is 3. The number of ether oxygens (including phenoxy) is 1. The number of methoxy groups -OCH3 is 1. The van der Waals surface area contributed by atoms with E-state index in [0.29, 0.717) is 11.3 Å². The van der Waals surface area contributed by atoms with Crippen molar-refractivity contribution < 1.29 is 14.3 Å². The van der Waals surface area contributed by atoms with Gasteiger partial charge in [0.15, 0.2) is 0 Å². The van der Waals surface area contributed by atoms with Crippen molar-refractivity contribution in [1.29, 1.82) is 0 Å². The normalized spacial score (nSPS) is 10.4. The van der Waals surface area contributed by atoms with Crippen LogP contribution in [0.25, 0.3) is 5.69 Å². The van der Waals surface area contributed by atoms with Gasteiger partial charge < -0.3 is 14.3 Å². The Balaban J connectivity index is 1.78. The summed E-state index contributed by atoms with van der Waals surface area (Å²) >= 11 is 0. The number of benzene rings is 1. The van der Waals surface area contributed by atoms with Gasteiger partial charge in [0.05, 0.1) is 12.7 Å². The first-order valence-electron chi connectivity index (χ1n) is 8.08. The zero-order chi connectivity index (χ0) is 18.7. The Kier molecular flexibility index (Phi) is 4.79. The molecular weight excluding hydrogens is 332 g/mol. The van der Waals surface area contributed by atoms with Crippen LogP contribution in [-0.4, -0.2) is 28.5 Å². The van der Waals surface area contributed by atoms with Gasteiger partial charge in [-0.25, -0.2) is 0 Å². The molecule has 0 aliphatic rings. The molecule has 2 amide bonds. The van der Waals surface area contributed by atoms with Crippen molar-refractivity contribution in [3.05, 3.63) is 71.3 Å². The summed E-state index contributed by atoms with van der Waals surface area (Å²) in [6, 6.07) is 12.7. The molecule has 0 fully saturated rings. The van der Waals surface area contributed by atoms with Gasteiger partial charge in [-0.15, -0.1) is 0 Å². The molecule has 0 aliphatic heterocycles. The predicted molar refractivity (Wildman–Crippen MR) is 97.5 cm³/mol. The van der Waals surface area contributed by atoms with Gasteiger partial charge in [-0.3, -0.25) is 20.4 Å². The van der Waals surface area contributed by atoms with Gasteiger partial charge in [0.25, 0.3) is 11.8 Å². The average Bonchev–Trinajstić information content (AvgIpc) is 3.28. The smallest absolute Gasteiger partial charge is 0.286 e. The van der Waals surface area contributed by atoms with Gasteiger partial charge in [0.1, 0.15) is 11.4 Å². The quantitative estimate of drug-likeness (QED) is 0.631. The third kappa shape index (κ3) is 3.32. The number of carbonyl (C=O) groups is 2. The molecule has 7 heteroatoms. The number of rotatable bonds is 4. The number of H-pyrrole nitrogens is 1. The molecule has 0 unspecified atom stereocenters. The van der Waals surface area contributed by atoms with Crippen LogP contribution in [-0.2, 0) is 0 Å². The number of aromatic nitrogens is 2. The molecule has 134 valence electrons. The molecule has 3 rings (SSSR count). The van der Waals surface area contributed by atoms with E-state index >= 15 is 0 Å². The fourth-order valence-electron chi connectivity index (χ4n) is 2.84. The molecule has 0 spiro atoms. The van der Waals surface area contributed by atoms with Crippen molar-refractivity contribution in [2.45, 2.75) is 13.8 Å². The molecule has 3 N–H and O–H groups in total. The molecule has 0 saturated carbocycles. The Bertz CT molecular complexity index is 925. The van der Waals surface area contributed by atoms with Gasteiger partial charge in [-0.1, -0.05) is 0 Å². The summed E-state index contributed by atoms with van der Waals surface area (Å²) < 4.78 is 7.15. The molecule has 0 bridgehead atoms. The maximum atomic E-state index is 12.5. The zero-order valence-electron chi connectivity index (χ0n) is 14.8. The minimum Gasteiger partial charge on any atom is -0.497 e. The van der Waals surface area contributed by atoms with Crippen molar-refractivity contribution >= 4 is 11.8 Å². The molecule has 0 aliphatic carbocycles. The van der Waals surface area contributed by atoms with Gasteiger partial charge in [-0.2, -0.15) is 0 Å². The highest BCUT2D eigenvalue weighted by molar-refractivity contribution is 5.99. The van der Waals surface area contributed by atoms with Gasteiger partial charge >= 0.3 is 0 Å². The minimum atomic E-state index is -0.410. The van der Waals surface area contributed by atoms with Crippen LogP contribution in [0.1, 0.15) is 32.2 Å². The highest BCUT2D eigenvalue weighted by Crippen LogP contribution is 2.22. The summed E-state index contributed by atoms with van der Waals surface area (Å²) in [5, 5.41) is 0. The largest absolute Gasteiger partial charge is 0.497 e. The number of aromatic amines is 1. The van der Waals surface area contributed by atoms with E-state index in [0.717, 1.165) is 22.8 Å². The summed E-state index contributed by atoms with van der Waals surface area (Å²) in [5.41, 5.74) is 8.32. The highest BCUT2D eigenvalue weighted by Gasteiger charge is 2.17. The Labute approximate surface area is 151 Å². The van der Waals surface area contributed by atoms with E-state index in [2.05, 4.69) is 15.8 Å². The molecule has 0 atom stereocenters. The van der Waals surface area contributed by atoms with Crippen LogP contribution >= 0.6 is 0 Å². The lowest BCUT2D eigenvalue weighted by Gasteiger charge is -2.11. The Morgan fingerprint density at radius 3 is 2.35 bits per heavy atom. The Morgan fingerprint density at radius 1 is 1.04 bits per heavy atom. The van der Waals surface area contributed by atoms with Gasteiger partial charge in [0.2, 0.25) is 0 Å². The maximum absolute atomic E-state index is 12.5. The van der Waals surface area contributed by atoms with E-state index in [1.54, 1.807) is 31.5 Å². The van der Waals surface area contributed by atoms with Crippen molar-refractivity contribution in [2.75, 3.05) is 7.11 Å². The number of amides is 2. The molecule has 26 heavy (non-hydrogen) atoms. The topological polar surface area (TPSA) is 88.2 Å². The standard InChI is InChI=1S/C19H20N4O3/c1-12-11-16(18(24)21-22-19(25)17-5-4-10-20-17)13(2)23(12)14-6-8-15(26-3)9-7-14/h4-11,20H,1-3H3,(H,21,24)(H,22,25). The number of hydrazine groups is 1. The monoisotopic (exact) mass is 352 g/mol. The highest BCUT2D eigenvalue weighted by atomic mass is 16.5. The van der Waals surface area contributed by atoms with Crippen molar-refractivity contribution in [3.8, 4) is 11.4 Å². The van der Waals surface area contributed by atoms with E-state index < -0.39 is 5.91 Å². The summed E-state index contributed by atoms with van der Waals surface area (Å²) in [6.07, 6.45) is 1.64. The molecule has 0 radical (unpaired) electrons. The first-order chi connectivity index (χ1) is 12.5. The van der Waals surface area contributed by atoms with Crippen LogP contribution in [0.5, 0.6) is 5.75 Å². The second-order valence-corrected chi connectivity index (χ2v) is 5.81. The van der Waals surface area contributed by atoms with E-state index in [4.69, 9.17) is 4.74 Å². The van der Waals surface area contributed by atoms with Gasteiger partial charge in [0, 0.05) is 23.3 Å². The van der Waals surface area contributed by atoms with Crippen LogP contribution < -0.4 is 15.6 Å². The molecule has 7 nitrogen and oxygen atoms in total. The minimum absolute atomic E-state index is 0.369. The van der Waals surface area contributed by atoms with Crippen LogP contribution in [0, 0.1) is 13.8 Å². The number of nitrogens with zero attached hydrogens (tertiary/aromatic N) is 1. The lowest BCUT2D eigenvalue weighted by Crippen LogP contribution is -2.41.